The maximum atomic E-state index is 12.3. The van der Waals surface area contributed by atoms with E-state index in [1.807, 2.05) is 6.07 Å². The highest BCUT2D eigenvalue weighted by Gasteiger charge is 2.34. The Morgan fingerprint density at radius 1 is 1.68 bits per heavy atom. The van der Waals surface area contributed by atoms with Gasteiger partial charge in [-0.25, -0.2) is 13.2 Å². The highest BCUT2D eigenvalue weighted by atomic mass is 32.2. The number of nitrogens with zero attached hydrogens (tertiary/aromatic N) is 3. The molecular formula is C9H10N4O5S. The zero-order valence-electron chi connectivity index (χ0n) is 9.61. The minimum atomic E-state index is -4.03. The molecule has 0 aliphatic carbocycles. The van der Waals surface area contributed by atoms with Crippen molar-refractivity contribution in [2.24, 2.45) is 0 Å². The lowest BCUT2D eigenvalue weighted by Gasteiger charge is -2.28. The number of aromatic nitrogens is 2. The second-order valence-electron chi connectivity index (χ2n) is 3.77. The Hall–Kier alpha value is -1.96. The molecule has 0 amide bonds. The molecule has 1 unspecified atom stereocenters. The van der Waals surface area contributed by atoms with Gasteiger partial charge in [-0.2, -0.15) is 14.7 Å². The van der Waals surface area contributed by atoms with Crippen LogP contribution in [0.4, 0.5) is 0 Å². The van der Waals surface area contributed by atoms with Gasteiger partial charge in [-0.1, -0.05) is 0 Å². The van der Waals surface area contributed by atoms with Gasteiger partial charge in [0.25, 0.3) is 10.0 Å². The summed E-state index contributed by atoms with van der Waals surface area (Å²) < 4.78 is 30.6. The van der Waals surface area contributed by atoms with Gasteiger partial charge in [0.1, 0.15) is 5.56 Å². The number of morpholine rings is 1. The Balaban J connectivity index is 2.35. The third-order valence-corrected chi connectivity index (χ3v) is 4.44. The Morgan fingerprint density at radius 2 is 2.42 bits per heavy atom. The van der Waals surface area contributed by atoms with Crippen LogP contribution >= 0.6 is 0 Å². The number of hydrogen-bond acceptors (Lipinski definition) is 6. The predicted octanol–water partition coefficient (Wildman–Crippen LogP) is -0.979. The van der Waals surface area contributed by atoms with Crippen molar-refractivity contribution in [3.05, 3.63) is 11.8 Å². The molecule has 10 heteroatoms. The van der Waals surface area contributed by atoms with Crippen molar-refractivity contribution < 1.29 is 23.1 Å². The van der Waals surface area contributed by atoms with E-state index in [1.165, 1.54) is 0 Å². The molecule has 0 aromatic carbocycles. The molecule has 9 nitrogen and oxygen atoms in total. The Labute approximate surface area is 108 Å². The number of aromatic amines is 1. The first-order valence-corrected chi connectivity index (χ1v) is 6.69. The zero-order valence-corrected chi connectivity index (χ0v) is 10.4. The van der Waals surface area contributed by atoms with Crippen molar-refractivity contribution in [1.29, 1.82) is 5.26 Å². The number of sulfonamides is 1. The summed E-state index contributed by atoms with van der Waals surface area (Å²) in [5, 5.41) is 22.8. The van der Waals surface area contributed by atoms with Crippen molar-refractivity contribution >= 4 is 16.0 Å². The molecule has 1 aromatic heterocycles. The lowest BCUT2D eigenvalue weighted by molar-refractivity contribution is 0.0310. The van der Waals surface area contributed by atoms with E-state index in [2.05, 4.69) is 10.2 Å². The molecule has 102 valence electrons. The molecule has 1 atom stereocenters. The number of carboxylic acids is 1. The molecule has 0 bridgehead atoms. The average molecular weight is 286 g/mol. The maximum absolute atomic E-state index is 12.3. The van der Waals surface area contributed by atoms with Crippen LogP contribution in [-0.4, -0.2) is 59.8 Å². The molecule has 1 aliphatic rings. The van der Waals surface area contributed by atoms with E-state index in [-0.39, 0.29) is 19.7 Å². The number of nitriles is 1. The van der Waals surface area contributed by atoms with E-state index in [0.717, 1.165) is 10.5 Å². The van der Waals surface area contributed by atoms with Gasteiger partial charge in [-0.05, 0) is 0 Å². The molecule has 1 aliphatic heterocycles. The third kappa shape index (κ3) is 2.43. The number of aromatic carboxylic acids is 1. The number of rotatable bonds is 3. The largest absolute Gasteiger partial charge is 0.478 e. The van der Waals surface area contributed by atoms with E-state index in [9.17, 15) is 13.2 Å². The molecule has 1 aromatic rings. The van der Waals surface area contributed by atoms with Crippen LogP contribution in [0.25, 0.3) is 0 Å². The van der Waals surface area contributed by atoms with Crippen molar-refractivity contribution in [2.45, 2.75) is 11.1 Å². The summed E-state index contributed by atoms with van der Waals surface area (Å²) in [5.74, 6) is -1.39. The minimum absolute atomic E-state index is 0.0542. The van der Waals surface area contributed by atoms with E-state index < -0.39 is 32.7 Å². The molecule has 1 saturated heterocycles. The van der Waals surface area contributed by atoms with Crippen LogP contribution < -0.4 is 0 Å². The van der Waals surface area contributed by atoms with Crippen LogP contribution in [0.2, 0.25) is 0 Å². The van der Waals surface area contributed by atoms with Gasteiger partial charge in [0, 0.05) is 6.54 Å². The molecule has 0 radical (unpaired) electrons. The highest BCUT2D eigenvalue weighted by molar-refractivity contribution is 7.89. The van der Waals surface area contributed by atoms with E-state index in [4.69, 9.17) is 15.1 Å². The first-order valence-electron chi connectivity index (χ1n) is 5.25. The summed E-state index contributed by atoms with van der Waals surface area (Å²) in [6.07, 6.45) is 0.0666. The number of carboxylic acid groups (broad SMARTS) is 1. The van der Waals surface area contributed by atoms with Gasteiger partial charge in [-0.15, -0.1) is 0 Å². The van der Waals surface area contributed by atoms with Crippen LogP contribution in [0.5, 0.6) is 0 Å². The molecule has 2 N–H and O–H groups in total. The summed E-state index contributed by atoms with van der Waals surface area (Å²) in [6.45, 7) is -0.0104. The Morgan fingerprint density at radius 3 is 3.05 bits per heavy atom. The summed E-state index contributed by atoms with van der Waals surface area (Å²) in [4.78, 5) is 10.9. The average Bonchev–Trinajstić information content (AvgIpc) is 2.89. The normalized spacial score (nSPS) is 20.9. The molecule has 2 rings (SSSR count). The van der Waals surface area contributed by atoms with Crippen LogP contribution in [0.1, 0.15) is 10.4 Å². The van der Waals surface area contributed by atoms with Gasteiger partial charge >= 0.3 is 5.97 Å². The fraction of sp³-hybridized carbons (Fsp3) is 0.444. The van der Waals surface area contributed by atoms with Crippen LogP contribution in [0.15, 0.2) is 11.2 Å². The van der Waals surface area contributed by atoms with Crippen molar-refractivity contribution in [1.82, 2.24) is 14.5 Å². The monoisotopic (exact) mass is 286 g/mol. The fourth-order valence-corrected chi connectivity index (χ4v) is 3.17. The smallest absolute Gasteiger partial charge is 0.340 e. The second-order valence-corrected chi connectivity index (χ2v) is 5.64. The van der Waals surface area contributed by atoms with Gasteiger partial charge in [0.2, 0.25) is 0 Å². The second kappa shape index (κ2) is 4.96. The summed E-state index contributed by atoms with van der Waals surface area (Å²) in [5.41, 5.74) is -0.431. The van der Waals surface area contributed by atoms with Crippen molar-refractivity contribution in [3.63, 3.8) is 0 Å². The lowest BCUT2D eigenvalue weighted by atomic mass is 10.3. The number of carbonyl (C=O) groups is 1. The van der Waals surface area contributed by atoms with E-state index in [0.29, 0.717) is 0 Å². The number of ether oxygens (including phenoxy) is 1. The fourth-order valence-electron chi connectivity index (χ4n) is 1.67. The Kier molecular flexibility index (Phi) is 3.52. The van der Waals surface area contributed by atoms with Crippen molar-refractivity contribution in [3.8, 4) is 6.07 Å². The quantitative estimate of drug-likeness (QED) is 0.728. The predicted molar refractivity (Wildman–Crippen MR) is 59.7 cm³/mol. The van der Waals surface area contributed by atoms with Crippen LogP contribution in [0, 0.1) is 11.3 Å². The number of H-pyrrole nitrogens is 1. The number of hydrogen-bond donors (Lipinski definition) is 2. The first kappa shape index (κ1) is 13.5. The zero-order chi connectivity index (χ0) is 14.0. The summed E-state index contributed by atoms with van der Waals surface area (Å²) in [6, 6.07) is 1.82. The minimum Gasteiger partial charge on any atom is -0.478 e. The van der Waals surface area contributed by atoms with Gasteiger partial charge < -0.3 is 9.84 Å². The SMILES string of the molecule is N#CC1CN(S(=O)(=O)c2[nH]ncc2C(=O)O)CCO1. The molecule has 0 saturated carbocycles. The van der Waals surface area contributed by atoms with Crippen LogP contribution in [0.3, 0.4) is 0 Å². The lowest BCUT2D eigenvalue weighted by Crippen LogP contribution is -2.45. The summed E-state index contributed by atoms with van der Waals surface area (Å²) >= 11 is 0. The summed E-state index contributed by atoms with van der Waals surface area (Å²) in [7, 11) is -4.03. The molecule has 0 spiro atoms. The highest BCUT2D eigenvalue weighted by Crippen LogP contribution is 2.20. The Bertz CT molecular complexity index is 631. The van der Waals surface area contributed by atoms with Gasteiger partial charge in [0.05, 0.1) is 25.4 Å². The van der Waals surface area contributed by atoms with E-state index >= 15 is 0 Å². The van der Waals surface area contributed by atoms with E-state index in [1.54, 1.807) is 0 Å². The van der Waals surface area contributed by atoms with Gasteiger partial charge in [0.15, 0.2) is 11.1 Å². The molecule has 2 heterocycles. The van der Waals surface area contributed by atoms with Crippen LogP contribution in [-0.2, 0) is 14.8 Å². The first-order chi connectivity index (χ1) is 8.96. The topological polar surface area (TPSA) is 136 Å². The maximum Gasteiger partial charge on any atom is 0.340 e. The standard InChI is InChI=1S/C9H10N4O5S/c10-3-6-5-13(1-2-18-6)19(16,17)8-7(9(14)15)4-11-12-8/h4,6H,1-2,5H2,(H,11,12)(H,14,15). The molecular weight excluding hydrogens is 276 g/mol. The van der Waals surface area contributed by atoms with Gasteiger partial charge in [-0.3, -0.25) is 5.10 Å². The molecule has 1 fully saturated rings. The number of nitrogens with one attached hydrogen (secondary N) is 1. The molecule has 19 heavy (non-hydrogen) atoms. The van der Waals surface area contributed by atoms with Crippen molar-refractivity contribution in [2.75, 3.05) is 19.7 Å². The third-order valence-electron chi connectivity index (χ3n) is 2.61.